The molecule has 0 radical (unpaired) electrons. The molecule has 0 saturated heterocycles. The zero-order valence-electron chi connectivity index (χ0n) is 13.0. The molecule has 0 atom stereocenters. The van der Waals surface area contributed by atoms with E-state index in [1.54, 1.807) is 37.0 Å². The van der Waals surface area contributed by atoms with Crippen molar-refractivity contribution in [3.05, 3.63) is 41.7 Å². The van der Waals surface area contributed by atoms with Crippen LogP contribution < -0.4 is 4.74 Å². The predicted octanol–water partition coefficient (Wildman–Crippen LogP) is 1.21. The van der Waals surface area contributed by atoms with Crippen LogP contribution in [0, 0.1) is 0 Å². The van der Waals surface area contributed by atoms with E-state index < -0.39 is 0 Å². The highest BCUT2D eigenvalue weighted by molar-refractivity contribution is 5.91. The van der Waals surface area contributed by atoms with Crippen LogP contribution in [0.25, 0.3) is 0 Å². The van der Waals surface area contributed by atoms with Crippen molar-refractivity contribution in [2.24, 2.45) is 0 Å². The molecule has 0 bridgehead atoms. The topological polar surface area (TPSA) is 69.5 Å². The lowest BCUT2D eigenvalue weighted by Crippen LogP contribution is -2.26. The molecule has 2 aromatic rings. The van der Waals surface area contributed by atoms with Crippen molar-refractivity contribution in [2.75, 3.05) is 27.9 Å². The zero-order valence-corrected chi connectivity index (χ0v) is 13.0. The first-order valence-corrected chi connectivity index (χ1v) is 6.91. The zero-order chi connectivity index (χ0) is 15.9. The van der Waals surface area contributed by atoms with Gasteiger partial charge in [0.05, 0.1) is 26.5 Å². The molecule has 0 aliphatic carbocycles. The van der Waals surface area contributed by atoms with Crippen LogP contribution in [-0.2, 0) is 17.8 Å². The number of aromatic nitrogens is 3. The second kappa shape index (κ2) is 7.56. The van der Waals surface area contributed by atoms with Crippen LogP contribution in [0.2, 0.25) is 0 Å². The van der Waals surface area contributed by atoms with E-state index in [1.807, 2.05) is 24.3 Å². The van der Waals surface area contributed by atoms with Crippen molar-refractivity contribution in [3.8, 4) is 5.75 Å². The average molecular weight is 304 g/mol. The fourth-order valence-corrected chi connectivity index (χ4v) is 2.00. The van der Waals surface area contributed by atoms with Gasteiger partial charge in [0.1, 0.15) is 5.75 Å². The van der Waals surface area contributed by atoms with Gasteiger partial charge in [0.2, 0.25) is 0 Å². The van der Waals surface area contributed by atoms with Gasteiger partial charge in [0, 0.05) is 20.7 Å². The van der Waals surface area contributed by atoms with Gasteiger partial charge in [-0.15, -0.1) is 5.10 Å². The number of hydrogen-bond donors (Lipinski definition) is 0. The molecule has 0 fully saturated rings. The third-order valence-electron chi connectivity index (χ3n) is 3.18. The van der Waals surface area contributed by atoms with Crippen LogP contribution >= 0.6 is 0 Å². The summed E-state index contributed by atoms with van der Waals surface area (Å²) in [6.07, 6.45) is 1.63. The van der Waals surface area contributed by atoms with Crippen molar-refractivity contribution in [1.82, 2.24) is 19.9 Å². The molecule has 22 heavy (non-hydrogen) atoms. The Balaban J connectivity index is 2.00. The lowest BCUT2D eigenvalue weighted by molar-refractivity contribution is 0.0779. The Kier molecular flexibility index (Phi) is 5.48. The van der Waals surface area contributed by atoms with Gasteiger partial charge in [-0.2, -0.15) is 0 Å². The molecule has 1 heterocycles. The van der Waals surface area contributed by atoms with E-state index in [0.717, 1.165) is 11.3 Å². The van der Waals surface area contributed by atoms with Crippen LogP contribution in [-0.4, -0.2) is 53.7 Å². The Morgan fingerprint density at radius 2 is 2.18 bits per heavy atom. The molecule has 0 saturated carbocycles. The summed E-state index contributed by atoms with van der Waals surface area (Å²) in [7, 11) is 4.97. The predicted molar refractivity (Wildman–Crippen MR) is 80.7 cm³/mol. The van der Waals surface area contributed by atoms with Crippen LogP contribution in [0.1, 0.15) is 16.1 Å². The summed E-state index contributed by atoms with van der Waals surface area (Å²) in [5.41, 5.74) is 1.31. The number of rotatable bonds is 7. The van der Waals surface area contributed by atoms with Crippen molar-refractivity contribution in [3.63, 3.8) is 0 Å². The number of benzene rings is 1. The Hall–Kier alpha value is -2.41. The summed E-state index contributed by atoms with van der Waals surface area (Å²) in [5.74, 6) is 0.593. The maximum atomic E-state index is 12.3. The van der Waals surface area contributed by atoms with Crippen molar-refractivity contribution in [2.45, 2.75) is 13.1 Å². The molecule has 0 aliphatic rings. The van der Waals surface area contributed by atoms with Gasteiger partial charge in [-0.3, -0.25) is 4.79 Å². The highest BCUT2D eigenvalue weighted by atomic mass is 16.5. The smallest absolute Gasteiger partial charge is 0.276 e. The van der Waals surface area contributed by atoms with E-state index >= 15 is 0 Å². The summed E-state index contributed by atoms with van der Waals surface area (Å²) in [4.78, 5) is 13.9. The lowest BCUT2D eigenvalue weighted by Gasteiger charge is -2.16. The van der Waals surface area contributed by atoms with Gasteiger partial charge < -0.3 is 14.4 Å². The Morgan fingerprint density at radius 3 is 2.91 bits per heavy atom. The third kappa shape index (κ3) is 4.05. The van der Waals surface area contributed by atoms with E-state index in [0.29, 0.717) is 25.4 Å². The molecule has 1 aromatic heterocycles. The van der Waals surface area contributed by atoms with Crippen molar-refractivity contribution >= 4 is 5.91 Å². The lowest BCUT2D eigenvalue weighted by atomic mass is 10.2. The Labute approximate surface area is 129 Å². The summed E-state index contributed by atoms with van der Waals surface area (Å²) >= 11 is 0. The number of hydrogen-bond acceptors (Lipinski definition) is 5. The van der Waals surface area contributed by atoms with E-state index in [-0.39, 0.29) is 5.91 Å². The number of carbonyl (C=O) groups is 1. The van der Waals surface area contributed by atoms with E-state index in [9.17, 15) is 4.79 Å². The second-order valence-electron chi connectivity index (χ2n) is 4.87. The van der Waals surface area contributed by atoms with Gasteiger partial charge in [-0.1, -0.05) is 17.3 Å². The molecular weight excluding hydrogens is 284 g/mol. The highest BCUT2D eigenvalue weighted by Gasteiger charge is 2.16. The SMILES string of the molecule is COCCn1cc(C(=O)N(C)Cc2cccc(OC)c2)nn1. The maximum absolute atomic E-state index is 12.3. The fraction of sp³-hybridized carbons (Fsp3) is 0.400. The van der Waals surface area contributed by atoms with Gasteiger partial charge in [-0.05, 0) is 17.7 Å². The molecule has 2 rings (SSSR count). The molecule has 0 spiro atoms. The third-order valence-corrected chi connectivity index (χ3v) is 3.18. The van der Waals surface area contributed by atoms with Crippen LogP contribution in [0.3, 0.4) is 0 Å². The molecule has 0 N–H and O–H groups in total. The first-order valence-electron chi connectivity index (χ1n) is 6.91. The van der Waals surface area contributed by atoms with E-state index in [2.05, 4.69) is 10.3 Å². The largest absolute Gasteiger partial charge is 0.497 e. The number of nitrogens with zero attached hydrogens (tertiary/aromatic N) is 4. The Morgan fingerprint density at radius 1 is 1.36 bits per heavy atom. The maximum Gasteiger partial charge on any atom is 0.276 e. The number of ether oxygens (including phenoxy) is 2. The normalized spacial score (nSPS) is 10.5. The first-order chi connectivity index (χ1) is 10.6. The molecule has 1 aromatic carbocycles. The van der Waals surface area contributed by atoms with Crippen LogP contribution in [0.15, 0.2) is 30.5 Å². The van der Waals surface area contributed by atoms with Gasteiger partial charge in [0.15, 0.2) is 5.69 Å². The molecule has 7 heteroatoms. The van der Waals surface area contributed by atoms with Crippen molar-refractivity contribution < 1.29 is 14.3 Å². The standard InChI is InChI=1S/C15H20N4O3/c1-18(10-12-5-4-6-13(9-12)22-3)15(20)14-11-19(17-16-14)7-8-21-2/h4-6,9,11H,7-8,10H2,1-3H3. The summed E-state index contributed by atoms with van der Waals surface area (Å²) in [5, 5.41) is 7.82. The minimum absolute atomic E-state index is 0.175. The highest BCUT2D eigenvalue weighted by Crippen LogP contribution is 2.14. The number of carbonyl (C=O) groups excluding carboxylic acids is 1. The fourth-order valence-electron chi connectivity index (χ4n) is 2.00. The average Bonchev–Trinajstić information content (AvgIpc) is 3.01. The summed E-state index contributed by atoms with van der Waals surface area (Å²) < 4.78 is 11.7. The Bertz CT molecular complexity index is 627. The van der Waals surface area contributed by atoms with Gasteiger partial charge in [-0.25, -0.2) is 4.68 Å². The minimum atomic E-state index is -0.175. The number of amides is 1. The quantitative estimate of drug-likeness (QED) is 0.769. The van der Waals surface area contributed by atoms with Crippen LogP contribution in [0.5, 0.6) is 5.75 Å². The van der Waals surface area contributed by atoms with E-state index in [4.69, 9.17) is 9.47 Å². The van der Waals surface area contributed by atoms with Crippen LogP contribution in [0.4, 0.5) is 0 Å². The molecule has 0 unspecified atom stereocenters. The van der Waals surface area contributed by atoms with Gasteiger partial charge >= 0.3 is 0 Å². The van der Waals surface area contributed by atoms with Gasteiger partial charge in [0.25, 0.3) is 5.91 Å². The monoisotopic (exact) mass is 304 g/mol. The molecule has 1 amide bonds. The molecule has 0 aliphatic heterocycles. The second-order valence-corrected chi connectivity index (χ2v) is 4.87. The van der Waals surface area contributed by atoms with E-state index in [1.165, 1.54) is 0 Å². The molecule has 118 valence electrons. The summed E-state index contributed by atoms with van der Waals surface area (Å²) in [6, 6.07) is 7.61. The van der Waals surface area contributed by atoms with Crippen molar-refractivity contribution in [1.29, 1.82) is 0 Å². The molecule has 7 nitrogen and oxygen atoms in total. The number of methoxy groups -OCH3 is 2. The molecular formula is C15H20N4O3. The summed E-state index contributed by atoms with van der Waals surface area (Å²) in [6.45, 7) is 1.56. The minimum Gasteiger partial charge on any atom is -0.497 e. The first kappa shape index (κ1) is 16.0.